The number of amides is 1. The fourth-order valence-corrected chi connectivity index (χ4v) is 7.45. The third-order valence-electron chi connectivity index (χ3n) is 6.20. The highest BCUT2D eigenvalue weighted by Crippen LogP contribution is 2.45. The molecular formula is C24H33NO4Si. The van der Waals surface area contributed by atoms with E-state index in [9.17, 15) is 14.7 Å². The lowest BCUT2D eigenvalue weighted by atomic mass is 9.95. The van der Waals surface area contributed by atoms with Crippen LogP contribution in [0.25, 0.3) is 0 Å². The van der Waals surface area contributed by atoms with Gasteiger partial charge in [-0.2, -0.15) is 0 Å². The molecule has 2 aromatic carbocycles. The van der Waals surface area contributed by atoms with E-state index in [0.717, 1.165) is 30.6 Å². The molecule has 0 aliphatic carbocycles. The number of anilines is 2. The van der Waals surface area contributed by atoms with Crippen LogP contribution in [0, 0.1) is 5.92 Å². The minimum atomic E-state index is -2.37. The van der Waals surface area contributed by atoms with Crippen LogP contribution in [0.5, 0.6) is 0 Å². The van der Waals surface area contributed by atoms with Gasteiger partial charge >= 0.3 is 0 Å². The zero-order valence-electron chi connectivity index (χ0n) is 18.1. The summed E-state index contributed by atoms with van der Waals surface area (Å²) in [5, 5.41) is 9.39. The predicted octanol–water partition coefficient (Wildman–Crippen LogP) is 4.27. The van der Waals surface area contributed by atoms with Gasteiger partial charge in [0.25, 0.3) is 0 Å². The normalized spacial score (nSPS) is 24.0. The molecule has 6 heteroatoms. The molecular weight excluding hydrogens is 394 g/mol. The summed E-state index contributed by atoms with van der Waals surface area (Å²) in [5.74, 6) is 0.274. The molecule has 2 aromatic rings. The molecule has 0 bridgehead atoms. The molecule has 30 heavy (non-hydrogen) atoms. The first kappa shape index (κ1) is 22.7. The third kappa shape index (κ3) is 5.18. The van der Waals surface area contributed by atoms with Gasteiger partial charge in [-0.25, -0.2) is 0 Å². The van der Waals surface area contributed by atoms with E-state index in [1.54, 1.807) is 4.90 Å². The molecule has 162 valence electrons. The first-order chi connectivity index (χ1) is 14.3. The Morgan fingerprint density at radius 2 is 1.63 bits per heavy atom. The Hall–Kier alpha value is -1.99. The van der Waals surface area contributed by atoms with Crippen molar-refractivity contribution in [2.75, 3.05) is 11.5 Å². The number of para-hydroxylation sites is 1. The number of hydrogen-bond acceptors (Lipinski definition) is 4. The third-order valence-corrected chi connectivity index (χ3v) is 8.73. The van der Waals surface area contributed by atoms with E-state index in [4.69, 9.17) is 4.74 Å². The summed E-state index contributed by atoms with van der Waals surface area (Å²) in [6.07, 6.45) is 3.18. The van der Waals surface area contributed by atoms with Crippen LogP contribution >= 0.6 is 0 Å². The number of aryl methyl sites for hydroxylation is 1. The minimum Gasteiger partial charge on any atom is -0.432 e. The summed E-state index contributed by atoms with van der Waals surface area (Å²) in [4.78, 5) is 24.0. The lowest BCUT2D eigenvalue weighted by Crippen LogP contribution is -2.40. The standard InChI is InChI=1S/C24H33NO4Si/c1-18-22(29-23(15-16-26)24(18)30(2,3)28)14-11-19-9-12-21(13-10-19)25(17-27)20-7-5-4-6-8-20/h4-10,12-13,17-18,22-24,26,28H,11,14-16H2,1-3H3/t18-,22+,23-,24+/m0/s1. The van der Waals surface area contributed by atoms with E-state index in [2.05, 4.69) is 19.1 Å². The average Bonchev–Trinajstić information content (AvgIpc) is 3.04. The van der Waals surface area contributed by atoms with Crippen LogP contribution in [0.15, 0.2) is 54.6 Å². The zero-order chi connectivity index (χ0) is 21.7. The molecule has 0 unspecified atom stereocenters. The minimum absolute atomic E-state index is 0.0592. The molecule has 1 aliphatic rings. The molecule has 2 N–H and O–H groups in total. The van der Waals surface area contributed by atoms with Gasteiger partial charge in [-0.05, 0) is 68.1 Å². The van der Waals surface area contributed by atoms with Gasteiger partial charge in [-0.15, -0.1) is 0 Å². The first-order valence-electron chi connectivity index (χ1n) is 10.7. The molecule has 1 aliphatic heterocycles. The second-order valence-corrected chi connectivity index (χ2v) is 12.8. The Labute approximate surface area is 180 Å². The summed E-state index contributed by atoms with van der Waals surface area (Å²) in [6.45, 7) is 6.19. The summed E-state index contributed by atoms with van der Waals surface area (Å²) < 4.78 is 6.27. The number of hydrogen-bond donors (Lipinski definition) is 2. The molecule has 0 aromatic heterocycles. The van der Waals surface area contributed by atoms with Gasteiger partial charge in [0.1, 0.15) is 0 Å². The Morgan fingerprint density at radius 1 is 1.00 bits per heavy atom. The van der Waals surface area contributed by atoms with E-state index in [-0.39, 0.29) is 30.3 Å². The maximum atomic E-state index is 11.6. The highest BCUT2D eigenvalue weighted by atomic mass is 28.4. The molecule has 1 fully saturated rings. The highest BCUT2D eigenvalue weighted by Gasteiger charge is 2.49. The summed E-state index contributed by atoms with van der Waals surface area (Å²) in [6, 6.07) is 17.6. The van der Waals surface area contributed by atoms with Crippen molar-refractivity contribution in [3.05, 3.63) is 60.2 Å². The van der Waals surface area contributed by atoms with Crippen LogP contribution in [-0.4, -0.2) is 43.4 Å². The monoisotopic (exact) mass is 427 g/mol. The van der Waals surface area contributed by atoms with Crippen LogP contribution in [0.4, 0.5) is 11.4 Å². The molecule has 1 amide bonds. The Bertz CT molecular complexity index is 806. The number of aliphatic hydroxyl groups excluding tert-OH is 1. The number of benzene rings is 2. The lowest BCUT2D eigenvalue weighted by Gasteiger charge is -2.30. The van der Waals surface area contributed by atoms with Gasteiger partial charge in [0.15, 0.2) is 8.32 Å². The number of carbonyl (C=O) groups is 1. The number of rotatable bonds is 9. The predicted molar refractivity (Wildman–Crippen MR) is 122 cm³/mol. The fraction of sp³-hybridized carbons (Fsp3) is 0.458. The molecule has 0 spiro atoms. The van der Waals surface area contributed by atoms with Crippen LogP contribution in [0.3, 0.4) is 0 Å². The van der Waals surface area contributed by atoms with E-state index >= 15 is 0 Å². The van der Waals surface area contributed by atoms with Crippen molar-refractivity contribution < 1.29 is 19.4 Å². The van der Waals surface area contributed by atoms with E-state index in [1.807, 2.05) is 55.6 Å². The van der Waals surface area contributed by atoms with Crippen LogP contribution in [0.2, 0.25) is 18.6 Å². The van der Waals surface area contributed by atoms with Crippen molar-refractivity contribution in [2.45, 2.75) is 57.0 Å². The number of aliphatic hydroxyl groups is 1. The largest absolute Gasteiger partial charge is 0.432 e. The van der Waals surface area contributed by atoms with Gasteiger partial charge in [0, 0.05) is 23.5 Å². The second kappa shape index (κ2) is 9.88. The first-order valence-corrected chi connectivity index (χ1v) is 13.7. The van der Waals surface area contributed by atoms with Gasteiger partial charge in [-0.1, -0.05) is 37.3 Å². The molecule has 1 heterocycles. The second-order valence-electron chi connectivity index (χ2n) is 8.78. The van der Waals surface area contributed by atoms with Crippen molar-refractivity contribution in [2.24, 2.45) is 5.92 Å². The van der Waals surface area contributed by atoms with E-state index in [1.165, 1.54) is 5.56 Å². The number of carbonyl (C=O) groups excluding carboxylic acids is 1. The van der Waals surface area contributed by atoms with E-state index in [0.29, 0.717) is 6.42 Å². The summed E-state index contributed by atoms with van der Waals surface area (Å²) in [5.41, 5.74) is 3.01. The van der Waals surface area contributed by atoms with Crippen molar-refractivity contribution >= 4 is 26.1 Å². The quantitative estimate of drug-likeness (QED) is 0.463. The Morgan fingerprint density at radius 3 is 2.20 bits per heavy atom. The summed E-state index contributed by atoms with van der Waals surface area (Å²) >= 11 is 0. The smallest absolute Gasteiger partial charge is 0.218 e. The molecule has 4 atom stereocenters. The van der Waals surface area contributed by atoms with Gasteiger partial charge in [-0.3, -0.25) is 9.69 Å². The Kier molecular flexibility index (Phi) is 7.47. The van der Waals surface area contributed by atoms with Crippen molar-refractivity contribution in [3.8, 4) is 0 Å². The Balaban J connectivity index is 1.64. The SMILES string of the molecule is C[C@@H]1[C@@H]([Si](C)(C)O)[C@H](CCO)O[C@@H]1CCc1ccc(N(C=O)c2ccccc2)cc1. The zero-order valence-corrected chi connectivity index (χ0v) is 19.1. The highest BCUT2D eigenvalue weighted by molar-refractivity contribution is 6.71. The molecule has 5 nitrogen and oxygen atoms in total. The van der Waals surface area contributed by atoms with Gasteiger partial charge in [0.2, 0.25) is 6.41 Å². The van der Waals surface area contributed by atoms with Crippen LogP contribution in [-0.2, 0) is 16.0 Å². The van der Waals surface area contributed by atoms with Crippen LogP contribution in [0.1, 0.15) is 25.3 Å². The van der Waals surface area contributed by atoms with Crippen molar-refractivity contribution in [1.82, 2.24) is 0 Å². The van der Waals surface area contributed by atoms with Gasteiger partial charge in [0.05, 0.1) is 12.2 Å². The molecule has 0 saturated carbocycles. The lowest BCUT2D eigenvalue weighted by molar-refractivity contribution is -0.106. The van der Waals surface area contributed by atoms with Crippen molar-refractivity contribution in [3.63, 3.8) is 0 Å². The molecule has 1 saturated heterocycles. The maximum absolute atomic E-state index is 11.6. The molecule has 0 radical (unpaired) electrons. The van der Waals surface area contributed by atoms with Crippen LogP contribution < -0.4 is 4.90 Å². The van der Waals surface area contributed by atoms with Crippen molar-refractivity contribution in [1.29, 1.82) is 0 Å². The molecule has 3 rings (SSSR count). The average molecular weight is 428 g/mol. The fourth-order valence-electron chi connectivity index (χ4n) is 4.80. The number of ether oxygens (including phenoxy) is 1. The summed E-state index contributed by atoms with van der Waals surface area (Å²) in [7, 11) is -2.37. The maximum Gasteiger partial charge on any atom is 0.218 e. The van der Waals surface area contributed by atoms with Gasteiger partial charge < -0.3 is 14.6 Å². The number of nitrogens with zero attached hydrogens (tertiary/aromatic N) is 1. The topological polar surface area (TPSA) is 70.0 Å². The van der Waals surface area contributed by atoms with E-state index < -0.39 is 8.32 Å².